The first-order valence-corrected chi connectivity index (χ1v) is 5.27. The first-order chi connectivity index (χ1) is 6.81. The maximum absolute atomic E-state index is 5.41. The lowest BCUT2D eigenvalue weighted by atomic mass is 10.1. The Labute approximate surface area is 85.7 Å². The van der Waals surface area contributed by atoms with E-state index in [1.807, 2.05) is 26.8 Å². The summed E-state index contributed by atoms with van der Waals surface area (Å²) in [5, 5.41) is 0. The van der Waals surface area contributed by atoms with Gasteiger partial charge < -0.3 is 5.43 Å². The van der Waals surface area contributed by atoms with Crippen molar-refractivity contribution in [2.75, 3.05) is 5.43 Å². The number of hydrazine groups is 1. The molecule has 14 heavy (non-hydrogen) atoms. The summed E-state index contributed by atoms with van der Waals surface area (Å²) in [6.07, 6.45) is 3.42. The monoisotopic (exact) mass is 193 g/mol. The molecule has 0 fully saturated rings. The highest BCUT2D eigenvalue weighted by molar-refractivity contribution is 5.54. The van der Waals surface area contributed by atoms with Crippen molar-refractivity contribution in [3.63, 3.8) is 0 Å². The van der Waals surface area contributed by atoms with Crippen LogP contribution in [0.15, 0.2) is 6.07 Å². The van der Waals surface area contributed by atoms with Gasteiger partial charge >= 0.3 is 0 Å². The number of rotatable bonds is 1. The summed E-state index contributed by atoms with van der Waals surface area (Å²) in [4.78, 5) is 4.47. The zero-order valence-electron chi connectivity index (χ0n) is 9.22. The van der Waals surface area contributed by atoms with Crippen LogP contribution in [0, 0.1) is 6.92 Å². The van der Waals surface area contributed by atoms with Crippen LogP contribution in [0.4, 0.5) is 5.69 Å². The van der Waals surface area contributed by atoms with Gasteiger partial charge in [0.05, 0.1) is 5.69 Å². The van der Waals surface area contributed by atoms with Crippen LogP contribution in [0.3, 0.4) is 0 Å². The van der Waals surface area contributed by atoms with Crippen LogP contribution < -0.4 is 11.3 Å². The summed E-state index contributed by atoms with van der Waals surface area (Å²) in [7, 11) is 0. The molecule has 3 N–H and O–H groups in total. The Kier molecular flexibility index (Phi) is 3.89. The summed E-state index contributed by atoms with van der Waals surface area (Å²) in [6, 6.07) is 2.00. The number of aromatic nitrogens is 1. The smallest absolute Gasteiger partial charge is 0.0553 e. The van der Waals surface area contributed by atoms with Gasteiger partial charge in [0.25, 0.3) is 0 Å². The number of hydrogen-bond acceptors (Lipinski definition) is 3. The number of hydrogen-bond donors (Lipinski definition) is 2. The van der Waals surface area contributed by atoms with Crippen molar-refractivity contribution in [1.29, 1.82) is 0 Å². The molecule has 3 heteroatoms. The fraction of sp³-hybridized carbons (Fsp3) is 0.545. The van der Waals surface area contributed by atoms with Gasteiger partial charge in [0, 0.05) is 11.4 Å². The van der Waals surface area contributed by atoms with E-state index in [0.29, 0.717) is 0 Å². The average Bonchev–Trinajstić information content (AvgIpc) is 2.67. The maximum atomic E-state index is 5.41. The fourth-order valence-electron chi connectivity index (χ4n) is 1.81. The third-order valence-corrected chi connectivity index (χ3v) is 2.33. The van der Waals surface area contributed by atoms with Crippen LogP contribution in [0.25, 0.3) is 0 Å². The van der Waals surface area contributed by atoms with Crippen molar-refractivity contribution < 1.29 is 0 Å². The molecule has 1 aliphatic rings. The molecule has 1 aromatic heterocycles. The van der Waals surface area contributed by atoms with Crippen LogP contribution in [0.2, 0.25) is 0 Å². The molecular weight excluding hydrogens is 174 g/mol. The summed E-state index contributed by atoms with van der Waals surface area (Å²) in [5.74, 6) is 5.41. The van der Waals surface area contributed by atoms with Gasteiger partial charge in [-0.05, 0) is 37.8 Å². The Bertz CT molecular complexity index is 308. The Morgan fingerprint density at radius 2 is 2.07 bits per heavy atom. The number of nitrogen functional groups attached to an aromatic ring is 1. The molecule has 0 saturated heterocycles. The largest absolute Gasteiger partial charge is 0.324 e. The predicted octanol–water partition coefficient (Wildman–Crippen LogP) is 2.19. The minimum absolute atomic E-state index is 1.05. The standard InChI is InChI=1S/C9H13N3.C2H6/c1-6-5-9(12-10)7-3-2-4-8(7)11-6;1-2/h5H,2-4,10H2,1H3,(H,11,12);1-2H3. The predicted molar refractivity (Wildman–Crippen MR) is 60.2 cm³/mol. The first kappa shape index (κ1) is 11.0. The lowest BCUT2D eigenvalue weighted by molar-refractivity contribution is 0.897. The topological polar surface area (TPSA) is 50.9 Å². The zero-order chi connectivity index (χ0) is 10.6. The van der Waals surface area contributed by atoms with Gasteiger partial charge in [-0.25, -0.2) is 0 Å². The van der Waals surface area contributed by atoms with E-state index >= 15 is 0 Å². The van der Waals surface area contributed by atoms with E-state index in [4.69, 9.17) is 5.84 Å². The van der Waals surface area contributed by atoms with E-state index in [2.05, 4.69) is 10.4 Å². The quantitative estimate of drug-likeness (QED) is 0.531. The number of fused-ring (bicyclic) bond motifs is 1. The molecule has 0 spiro atoms. The summed E-state index contributed by atoms with van der Waals surface area (Å²) in [6.45, 7) is 6.00. The summed E-state index contributed by atoms with van der Waals surface area (Å²) in [5.41, 5.74) is 7.36. The van der Waals surface area contributed by atoms with Crippen LogP contribution in [-0.4, -0.2) is 4.98 Å². The second kappa shape index (κ2) is 4.96. The minimum Gasteiger partial charge on any atom is -0.324 e. The molecule has 0 aromatic carbocycles. The van der Waals surface area contributed by atoms with Crippen LogP contribution in [-0.2, 0) is 12.8 Å². The number of nitrogens with zero attached hydrogens (tertiary/aromatic N) is 1. The van der Waals surface area contributed by atoms with E-state index < -0.39 is 0 Å². The van der Waals surface area contributed by atoms with Crippen LogP contribution in [0.1, 0.15) is 37.2 Å². The SMILES string of the molecule is CC.Cc1cc(NN)c2c(n1)CCC2. The summed E-state index contributed by atoms with van der Waals surface area (Å²) < 4.78 is 0. The van der Waals surface area contributed by atoms with Crippen molar-refractivity contribution >= 4 is 5.69 Å². The highest BCUT2D eigenvalue weighted by Gasteiger charge is 2.15. The third kappa shape index (κ3) is 2.04. The molecule has 3 nitrogen and oxygen atoms in total. The van der Waals surface area contributed by atoms with E-state index in [-0.39, 0.29) is 0 Å². The fourth-order valence-corrected chi connectivity index (χ4v) is 1.81. The Morgan fingerprint density at radius 1 is 1.36 bits per heavy atom. The second-order valence-corrected chi connectivity index (χ2v) is 3.23. The van der Waals surface area contributed by atoms with Crippen molar-refractivity contribution in [1.82, 2.24) is 4.98 Å². The van der Waals surface area contributed by atoms with Crippen molar-refractivity contribution in [2.45, 2.75) is 40.0 Å². The molecule has 0 amide bonds. The molecule has 2 rings (SSSR count). The van der Waals surface area contributed by atoms with Gasteiger partial charge in [-0.15, -0.1) is 0 Å². The van der Waals surface area contributed by atoms with Crippen molar-refractivity contribution in [3.8, 4) is 0 Å². The third-order valence-electron chi connectivity index (χ3n) is 2.33. The summed E-state index contributed by atoms with van der Waals surface area (Å²) >= 11 is 0. The molecule has 1 heterocycles. The molecule has 0 saturated carbocycles. The molecule has 1 aromatic rings. The van der Waals surface area contributed by atoms with E-state index in [1.54, 1.807) is 0 Å². The van der Waals surface area contributed by atoms with Crippen molar-refractivity contribution in [3.05, 3.63) is 23.0 Å². The van der Waals surface area contributed by atoms with E-state index in [9.17, 15) is 0 Å². The lowest BCUT2D eigenvalue weighted by Gasteiger charge is -2.07. The second-order valence-electron chi connectivity index (χ2n) is 3.23. The van der Waals surface area contributed by atoms with Gasteiger partial charge in [0.1, 0.15) is 0 Å². The van der Waals surface area contributed by atoms with Crippen molar-refractivity contribution in [2.24, 2.45) is 5.84 Å². The number of anilines is 1. The maximum Gasteiger partial charge on any atom is 0.0553 e. The normalized spacial score (nSPS) is 12.9. The molecule has 0 bridgehead atoms. The highest BCUT2D eigenvalue weighted by Crippen LogP contribution is 2.27. The van der Waals surface area contributed by atoms with E-state index in [1.165, 1.54) is 17.7 Å². The molecule has 1 aliphatic carbocycles. The number of aryl methyl sites for hydroxylation is 2. The molecule has 78 valence electrons. The Balaban J connectivity index is 0.000000461. The number of pyridine rings is 1. The van der Waals surface area contributed by atoms with Gasteiger partial charge in [-0.1, -0.05) is 13.8 Å². The first-order valence-electron chi connectivity index (χ1n) is 5.27. The number of nitrogens with one attached hydrogen (secondary N) is 1. The molecule has 0 aliphatic heterocycles. The highest BCUT2D eigenvalue weighted by atomic mass is 15.2. The van der Waals surface area contributed by atoms with E-state index in [0.717, 1.165) is 24.2 Å². The Hall–Kier alpha value is -1.09. The number of nitrogens with two attached hydrogens (primary N) is 1. The minimum atomic E-state index is 1.05. The molecular formula is C11H19N3. The molecule has 0 atom stereocenters. The molecule has 0 unspecified atom stereocenters. The van der Waals surface area contributed by atoms with Gasteiger partial charge in [-0.2, -0.15) is 0 Å². The van der Waals surface area contributed by atoms with Gasteiger partial charge in [0.15, 0.2) is 0 Å². The van der Waals surface area contributed by atoms with Gasteiger partial charge in [-0.3, -0.25) is 10.8 Å². The Morgan fingerprint density at radius 3 is 2.71 bits per heavy atom. The zero-order valence-corrected chi connectivity index (χ0v) is 9.22. The van der Waals surface area contributed by atoms with Crippen LogP contribution >= 0.6 is 0 Å². The van der Waals surface area contributed by atoms with Gasteiger partial charge in [0.2, 0.25) is 0 Å². The average molecular weight is 193 g/mol. The van der Waals surface area contributed by atoms with Crippen LogP contribution in [0.5, 0.6) is 0 Å². The molecule has 0 radical (unpaired) electrons. The lowest BCUT2D eigenvalue weighted by Crippen LogP contribution is -2.10.